The molecule has 1 saturated heterocycles. The summed E-state index contributed by atoms with van der Waals surface area (Å²) in [4.78, 5) is 17.3. The summed E-state index contributed by atoms with van der Waals surface area (Å²) in [6.07, 6.45) is 1.60. The molecule has 0 aliphatic carbocycles. The van der Waals surface area contributed by atoms with Crippen LogP contribution >= 0.6 is 12.4 Å². The molecule has 1 aliphatic heterocycles. The Kier molecular flexibility index (Phi) is 7.48. The molecule has 0 radical (unpaired) electrons. The van der Waals surface area contributed by atoms with Crippen LogP contribution in [0.1, 0.15) is 29.9 Å². The lowest BCUT2D eigenvalue weighted by Crippen LogP contribution is -2.35. The number of benzene rings is 2. The maximum absolute atomic E-state index is 12.9. The highest BCUT2D eigenvalue weighted by atomic mass is 35.5. The van der Waals surface area contributed by atoms with E-state index in [4.69, 9.17) is 0 Å². The standard InChI is InChI=1S/C21H26N2O.ClH/c1-22-13-8-14-23(16-15-22)21(24)17-20(18-9-4-2-5-10-18)19-11-6-3-7-12-19;/h2-7,9-12,20H,8,13-17H2,1H3;1H. The van der Waals surface area contributed by atoms with Crippen molar-refractivity contribution in [3.05, 3.63) is 71.8 Å². The Labute approximate surface area is 157 Å². The van der Waals surface area contributed by atoms with E-state index >= 15 is 0 Å². The first kappa shape index (κ1) is 19.5. The summed E-state index contributed by atoms with van der Waals surface area (Å²) in [5.74, 6) is 0.392. The molecule has 1 heterocycles. The number of amides is 1. The van der Waals surface area contributed by atoms with E-state index in [0.717, 1.165) is 32.6 Å². The van der Waals surface area contributed by atoms with Crippen LogP contribution in [0.2, 0.25) is 0 Å². The molecule has 1 amide bonds. The Bertz CT molecular complexity index is 608. The van der Waals surface area contributed by atoms with Gasteiger partial charge in [0.1, 0.15) is 0 Å². The van der Waals surface area contributed by atoms with Crippen molar-refractivity contribution in [1.29, 1.82) is 0 Å². The van der Waals surface area contributed by atoms with E-state index < -0.39 is 0 Å². The molecule has 1 fully saturated rings. The molecule has 0 aromatic heterocycles. The SMILES string of the molecule is CN1CCCN(C(=O)CC(c2ccccc2)c2ccccc2)CC1.Cl. The predicted octanol–water partition coefficient (Wildman–Crippen LogP) is 3.79. The normalized spacial score (nSPS) is 15.5. The van der Waals surface area contributed by atoms with Crippen LogP contribution < -0.4 is 0 Å². The van der Waals surface area contributed by atoms with Crippen molar-refractivity contribution in [2.45, 2.75) is 18.8 Å². The Morgan fingerprint density at radius 1 is 0.880 bits per heavy atom. The molecule has 0 saturated carbocycles. The van der Waals surface area contributed by atoms with E-state index in [2.05, 4.69) is 60.5 Å². The second kappa shape index (κ2) is 9.59. The number of halogens is 1. The zero-order chi connectivity index (χ0) is 16.8. The molecule has 1 aliphatic rings. The number of nitrogens with zero attached hydrogens (tertiary/aromatic N) is 2. The summed E-state index contributed by atoms with van der Waals surface area (Å²) in [5, 5.41) is 0. The van der Waals surface area contributed by atoms with E-state index in [1.54, 1.807) is 0 Å². The van der Waals surface area contributed by atoms with Crippen molar-refractivity contribution < 1.29 is 4.79 Å². The molecule has 0 atom stereocenters. The van der Waals surface area contributed by atoms with E-state index in [9.17, 15) is 4.79 Å². The van der Waals surface area contributed by atoms with Crippen LogP contribution in [-0.2, 0) is 4.79 Å². The summed E-state index contributed by atoms with van der Waals surface area (Å²) in [7, 11) is 2.13. The quantitative estimate of drug-likeness (QED) is 0.830. The number of carbonyl (C=O) groups excluding carboxylic acids is 1. The molecule has 4 heteroatoms. The van der Waals surface area contributed by atoms with Gasteiger partial charge in [-0.25, -0.2) is 0 Å². The molecule has 3 nitrogen and oxygen atoms in total. The second-order valence-electron chi connectivity index (χ2n) is 6.62. The van der Waals surface area contributed by atoms with Crippen LogP contribution in [0.15, 0.2) is 60.7 Å². The third kappa shape index (κ3) is 5.32. The van der Waals surface area contributed by atoms with Crippen LogP contribution in [0, 0.1) is 0 Å². The number of carbonyl (C=O) groups is 1. The molecule has 0 unspecified atom stereocenters. The summed E-state index contributed by atoms with van der Waals surface area (Å²) >= 11 is 0. The summed E-state index contributed by atoms with van der Waals surface area (Å²) in [5.41, 5.74) is 2.42. The monoisotopic (exact) mass is 358 g/mol. The second-order valence-corrected chi connectivity index (χ2v) is 6.62. The largest absolute Gasteiger partial charge is 0.341 e. The van der Waals surface area contributed by atoms with Crippen LogP contribution in [0.3, 0.4) is 0 Å². The number of likely N-dealkylation sites (N-methyl/N-ethyl adjacent to an activating group) is 1. The molecule has 3 rings (SSSR count). The first-order valence-electron chi connectivity index (χ1n) is 8.80. The van der Waals surface area contributed by atoms with Gasteiger partial charge in [-0.05, 0) is 31.1 Å². The zero-order valence-electron chi connectivity index (χ0n) is 14.8. The van der Waals surface area contributed by atoms with Gasteiger partial charge in [0.25, 0.3) is 0 Å². The third-order valence-electron chi connectivity index (χ3n) is 4.85. The smallest absolute Gasteiger partial charge is 0.223 e. The molecular weight excluding hydrogens is 332 g/mol. The Hall–Kier alpha value is -1.84. The molecular formula is C21H27ClN2O. The molecule has 134 valence electrons. The third-order valence-corrected chi connectivity index (χ3v) is 4.85. The minimum absolute atomic E-state index is 0. The maximum atomic E-state index is 12.9. The molecule has 2 aromatic rings. The molecule has 0 N–H and O–H groups in total. The molecule has 0 spiro atoms. The van der Waals surface area contributed by atoms with Crippen molar-refractivity contribution in [1.82, 2.24) is 9.80 Å². The maximum Gasteiger partial charge on any atom is 0.223 e. The average Bonchev–Trinajstić information content (AvgIpc) is 2.85. The summed E-state index contributed by atoms with van der Waals surface area (Å²) in [6, 6.07) is 20.8. The van der Waals surface area contributed by atoms with Gasteiger partial charge < -0.3 is 9.80 Å². The van der Waals surface area contributed by atoms with Gasteiger partial charge in [0.05, 0.1) is 0 Å². The van der Waals surface area contributed by atoms with Crippen LogP contribution in [0.4, 0.5) is 0 Å². The fourth-order valence-corrected chi connectivity index (χ4v) is 3.40. The van der Waals surface area contributed by atoms with Gasteiger partial charge in [-0.1, -0.05) is 60.7 Å². The van der Waals surface area contributed by atoms with E-state index in [1.165, 1.54) is 11.1 Å². The van der Waals surface area contributed by atoms with Gasteiger partial charge >= 0.3 is 0 Å². The van der Waals surface area contributed by atoms with Gasteiger partial charge in [-0.3, -0.25) is 4.79 Å². The highest BCUT2D eigenvalue weighted by molar-refractivity contribution is 5.85. The number of rotatable bonds is 4. The van der Waals surface area contributed by atoms with Crippen molar-refractivity contribution in [3.8, 4) is 0 Å². The summed E-state index contributed by atoms with van der Waals surface area (Å²) in [6.45, 7) is 3.75. The zero-order valence-corrected chi connectivity index (χ0v) is 15.6. The van der Waals surface area contributed by atoms with Crippen LogP contribution in [-0.4, -0.2) is 48.9 Å². The number of hydrogen-bond donors (Lipinski definition) is 0. The number of hydrogen-bond acceptors (Lipinski definition) is 2. The van der Waals surface area contributed by atoms with E-state index in [1.807, 2.05) is 17.0 Å². The van der Waals surface area contributed by atoms with Gasteiger partial charge in [0.15, 0.2) is 0 Å². The van der Waals surface area contributed by atoms with Crippen molar-refractivity contribution >= 4 is 18.3 Å². The molecule has 0 bridgehead atoms. The highest BCUT2D eigenvalue weighted by Gasteiger charge is 2.23. The van der Waals surface area contributed by atoms with Crippen molar-refractivity contribution in [2.75, 3.05) is 33.2 Å². The van der Waals surface area contributed by atoms with E-state index in [-0.39, 0.29) is 24.2 Å². The van der Waals surface area contributed by atoms with Gasteiger partial charge in [0, 0.05) is 32.0 Å². The van der Waals surface area contributed by atoms with Gasteiger partial charge in [0.2, 0.25) is 5.91 Å². The molecule has 2 aromatic carbocycles. The van der Waals surface area contributed by atoms with Crippen LogP contribution in [0.25, 0.3) is 0 Å². The lowest BCUT2D eigenvalue weighted by Gasteiger charge is -2.24. The van der Waals surface area contributed by atoms with E-state index in [0.29, 0.717) is 6.42 Å². The topological polar surface area (TPSA) is 23.6 Å². The predicted molar refractivity (Wildman–Crippen MR) is 105 cm³/mol. The minimum atomic E-state index is 0. The Morgan fingerprint density at radius 3 is 2.00 bits per heavy atom. The summed E-state index contributed by atoms with van der Waals surface area (Å²) < 4.78 is 0. The Balaban J connectivity index is 0.00000225. The van der Waals surface area contributed by atoms with Gasteiger partial charge in [-0.2, -0.15) is 0 Å². The first-order chi connectivity index (χ1) is 11.7. The van der Waals surface area contributed by atoms with Crippen LogP contribution in [0.5, 0.6) is 0 Å². The highest BCUT2D eigenvalue weighted by Crippen LogP contribution is 2.28. The average molecular weight is 359 g/mol. The fourth-order valence-electron chi connectivity index (χ4n) is 3.40. The minimum Gasteiger partial charge on any atom is -0.341 e. The van der Waals surface area contributed by atoms with Crippen molar-refractivity contribution in [2.24, 2.45) is 0 Å². The lowest BCUT2D eigenvalue weighted by atomic mass is 9.88. The molecule has 25 heavy (non-hydrogen) atoms. The first-order valence-corrected chi connectivity index (χ1v) is 8.80. The Morgan fingerprint density at radius 2 is 1.44 bits per heavy atom. The fraction of sp³-hybridized carbons (Fsp3) is 0.381. The van der Waals surface area contributed by atoms with Crippen molar-refractivity contribution in [3.63, 3.8) is 0 Å². The lowest BCUT2D eigenvalue weighted by molar-refractivity contribution is -0.131. The van der Waals surface area contributed by atoms with Gasteiger partial charge in [-0.15, -0.1) is 12.4 Å².